The van der Waals surface area contributed by atoms with Gasteiger partial charge in [-0.2, -0.15) is 8.42 Å². The van der Waals surface area contributed by atoms with E-state index in [-0.39, 0.29) is 34.2 Å². The van der Waals surface area contributed by atoms with Gasteiger partial charge in [0.15, 0.2) is 0 Å². The van der Waals surface area contributed by atoms with E-state index in [1.165, 1.54) is 7.05 Å². The lowest BCUT2D eigenvalue weighted by atomic mass is 9.65. The van der Waals surface area contributed by atoms with Crippen LogP contribution in [0.2, 0.25) is 0 Å². The highest BCUT2D eigenvalue weighted by Gasteiger charge is 2.52. The molecule has 1 aromatic rings. The highest BCUT2D eigenvalue weighted by Crippen LogP contribution is 2.52. The van der Waals surface area contributed by atoms with Crippen LogP contribution >= 0.6 is 0 Å². The van der Waals surface area contributed by atoms with Gasteiger partial charge in [0.05, 0.1) is 12.8 Å². The summed E-state index contributed by atoms with van der Waals surface area (Å²) in [6.45, 7) is 7.37. The van der Waals surface area contributed by atoms with Crippen molar-refractivity contribution in [3.05, 3.63) is 41.6 Å². The molecule has 0 spiro atoms. The Hall–Kier alpha value is -2.35. The zero-order chi connectivity index (χ0) is 21.9. The number of fused-ring (bicyclic) bond motifs is 2. The maximum atomic E-state index is 13.6. The van der Waals surface area contributed by atoms with Crippen LogP contribution in [0, 0.1) is 10.8 Å². The smallest absolute Gasteiger partial charge is 0.345 e. The number of likely N-dealkylation sites (N-methyl/N-ethyl adjacent to an activating group) is 1. The van der Waals surface area contributed by atoms with E-state index in [0.717, 1.165) is 23.6 Å². The number of nitrogens with zero attached hydrogens (tertiary/aromatic N) is 3. The lowest BCUT2D eigenvalue weighted by molar-refractivity contribution is -0.129. The van der Waals surface area contributed by atoms with Crippen molar-refractivity contribution in [2.45, 2.75) is 46.1 Å². The molecule has 1 saturated carbocycles. The molecule has 2 fully saturated rings. The van der Waals surface area contributed by atoms with Gasteiger partial charge in [-0.05, 0) is 48.3 Å². The quantitative estimate of drug-likeness (QED) is 0.737. The topological polar surface area (TPSA) is 79.3 Å². The average molecular weight is 432 g/mol. The van der Waals surface area contributed by atoms with Gasteiger partial charge in [-0.1, -0.05) is 32.9 Å². The molecule has 8 heteroatoms. The Labute approximate surface area is 178 Å². The molecular weight excluding hydrogens is 402 g/mol. The van der Waals surface area contributed by atoms with E-state index in [1.807, 2.05) is 4.90 Å². The van der Waals surface area contributed by atoms with Gasteiger partial charge in [0.1, 0.15) is 11.4 Å². The minimum absolute atomic E-state index is 0.0679. The van der Waals surface area contributed by atoms with Crippen molar-refractivity contribution in [2.75, 3.05) is 20.7 Å². The number of ether oxygens (including phenoxy) is 1. The van der Waals surface area contributed by atoms with E-state index >= 15 is 0 Å². The fourth-order valence-electron chi connectivity index (χ4n) is 5.52. The Bertz CT molecular complexity index is 1060. The first-order valence-corrected chi connectivity index (χ1v) is 11.6. The van der Waals surface area contributed by atoms with Crippen LogP contribution in [0.1, 0.15) is 45.6 Å². The van der Waals surface area contributed by atoms with Crippen LogP contribution in [0.5, 0.6) is 5.75 Å². The monoisotopic (exact) mass is 431 g/mol. The van der Waals surface area contributed by atoms with Crippen molar-refractivity contribution < 1.29 is 17.9 Å². The molecule has 2 atom stereocenters. The summed E-state index contributed by atoms with van der Waals surface area (Å²) in [5.74, 6) is 0.346. The first-order valence-electron chi connectivity index (χ1n) is 10.2. The number of rotatable bonds is 3. The first kappa shape index (κ1) is 20.9. The lowest BCUT2D eigenvalue weighted by Crippen LogP contribution is -2.43. The molecule has 1 amide bonds. The zero-order valence-corrected chi connectivity index (χ0v) is 19.0. The summed E-state index contributed by atoms with van der Waals surface area (Å²) in [4.78, 5) is 15.4. The third-order valence-corrected chi connectivity index (χ3v) is 7.75. The molecule has 2 heterocycles. The van der Waals surface area contributed by atoms with Crippen LogP contribution in [0.3, 0.4) is 0 Å². The van der Waals surface area contributed by atoms with Crippen LogP contribution in [-0.2, 0) is 15.0 Å². The number of carbonyl (C=O) groups is 1. The molecule has 0 aromatic heterocycles. The maximum absolute atomic E-state index is 13.6. The SMILES string of the molecule is COc1cccc(C2=NS(=O)(=O)N(C)C(C(=O)N3CC4(C)CC3CC(C)(C)C4)=C2)c1. The fourth-order valence-corrected chi connectivity index (χ4v) is 6.42. The molecule has 162 valence electrons. The van der Waals surface area contributed by atoms with Gasteiger partial charge in [-0.15, -0.1) is 4.40 Å². The second kappa shape index (κ2) is 6.83. The van der Waals surface area contributed by atoms with E-state index < -0.39 is 10.2 Å². The summed E-state index contributed by atoms with van der Waals surface area (Å²) in [5, 5.41) is 0. The molecule has 1 saturated heterocycles. The molecule has 1 aliphatic carbocycles. The van der Waals surface area contributed by atoms with Gasteiger partial charge in [-0.25, -0.2) is 4.31 Å². The van der Waals surface area contributed by atoms with Gasteiger partial charge in [0.25, 0.3) is 5.91 Å². The predicted octanol–water partition coefficient (Wildman–Crippen LogP) is 2.99. The molecule has 2 aliphatic heterocycles. The highest BCUT2D eigenvalue weighted by atomic mass is 32.2. The second-order valence-corrected chi connectivity index (χ2v) is 11.5. The van der Waals surface area contributed by atoms with Crippen molar-refractivity contribution >= 4 is 21.8 Å². The molecule has 0 N–H and O–H groups in total. The van der Waals surface area contributed by atoms with Crippen LogP contribution in [-0.4, -0.2) is 56.0 Å². The molecule has 7 nitrogen and oxygen atoms in total. The zero-order valence-electron chi connectivity index (χ0n) is 18.2. The van der Waals surface area contributed by atoms with Gasteiger partial charge >= 0.3 is 10.2 Å². The molecule has 2 bridgehead atoms. The number of allylic oxidation sites excluding steroid dienone is 1. The predicted molar refractivity (Wildman–Crippen MR) is 116 cm³/mol. The number of benzene rings is 1. The van der Waals surface area contributed by atoms with Crippen molar-refractivity contribution in [3.63, 3.8) is 0 Å². The molecule has 3 aliphatic rings. The van der Waals surface area contributed by atoms with Crippen molar-refractivity contribution in [2.24, 2.45) is 15.2 Å². The van der Waals surface area contributed by atoms with Crippen LogP contribution in [0.15, 0.2) is 40.4 Å². The first-order chi connectivity index (χ1) is 13.9. The number of amides is 1. The van der Waals surface area contributed by atoms with Crippen molar-refractivity contribution in [1.82, 2.24) is 9.21 Å². The molecule has 1 aromatic carbocycles. The minimum Gasteiger partial charge on any atom is -0.497 e. The van der Waals surface area contributed by atoms with Gasteiger partial charge in [-0.3, -0.25) is 4.79 Å². The number of hydrogen-bond acceptors (Lipinski definition) is 4. The number of likely N-dealkylation sites (tertiary alicyclic amines) is 1. The number of carbonyl (C=O) groups excluding carboxylic acids is 1. The Morgan fingerprint density at radius 1 is 1.23 bits per heavy atom. The third kappa shape index (κ3) is 3.62. The van der Waals surface area contributed by atoms with Gasteiger partial charge in [0, 0.05) is 25.2 Å². The third-order valence-electron chi connectivity index (χ3n) is 6.43. The maximum Gasteiger partial charge on any atom is 0.345 e. The molecule has 2 unspecified atom stereocenters. The standard InChI is InChI=1S/C22H29N3O4S/c1-21(2)11-16-12-22(3,13-21)14-25(16)20(26)19-10-18(23-30(27,28)24(19)4)15-7-6-8-17(9-15)29-5/h6-10,16H,11-14H2,1-5H3. The normalized spacial score (nSPS) is 29.3. The molecule has 30 heavy (non-hydrogen) atoms. The molecule has 4 rings (SSSR count). The Morgan fingerprint density at radius 2 is 1.97 bits per heavy atom. The van der Waals surface area contributed by atoms with Crippen molar-refractivity contribution in [3.8, 4) is 5.75 Å². The van der Waals surface area contributed by atoms with Gasteiger partial charge < -0.3 is 9.64 Å². The van der Waals surface area contributed by atoms with Crippen molar-refractivity contribution in [1.29, 1.82) is 0 Å². The Balaban J connectivity index is 1.71. The van der Waals surface area contributed by atoms with Crippen LogP contribution < -0.4 is 4.74 Å². The van der Waals surface area contributed by atoms with E-state index in [4.69, 9.17) is 4.74 Å². The number of methoxy groups -OCH3 is 1. The van der Waals surface area contributed by atoms with E-state index in [9.17, 15) is 13.2 Å². The molecule has 0 radical (unpaired) electrons. The average Bonchev–Trinajstić information content (AvgIpc) is 2.92. The fraction of sp³-hybridized carbons (Fsp3) is 0.545. The highest BCUT2D eigenvalue weighted by molar-refractivity contribution is 7.88. The summed E-state index contributed by atoms with van der Waals surface area (Å²) in [7, 11) is -1.06. The van der Waals surface area contributed by atoms with E-state index in [1.54, 1.807) is 37.5 Å². The summed E-state index contributed by atoms with van der Waals surface area (Å²) in [6, 6.07) is 7.14. The Kier molecular flexibility index (Phi) is 4.76. The summed E-state index contributed by atoms with van der Waals surface area (Å²) >= 11 is 0. The largest absolute Gasteiger partial charge is 0.497 e. The van der Waals surface area contributed by atoms with Gasteiger partial charge in [0.2, 0.25) is 0 Å². The van der Waals surface area contributed by atoms with Crippen LogP contribution in [0.4, 0.5) is 0 Å². The van der Waals surface area contributed by atoms with Crippen LogP contribution in [0.25, 0.3) is 0 Å². The molecular formula is C22H29N3O4S. The second-order valence-electron chi connectivity index (χ2n) is 9.83. The minimum atomic E-state index is -4.00. The van der Waals surface area contributed by atoms with E-state index in [2.05, 4.69) is 25.2 Å². The summed E-state index contributed by atoms with van der Waals surface area (Å²) in [6.07, 6.45) is 4.52. The summed E-state index contributed by atoms with van der Waals surface area (Å²) in [5.41, 5.74) is 1.20. The lowest BCUT2D eigenvalue weighted by Gasteiger charge is -2.39. The number of hydrogen-bond donors (Lipinski definition) is 0. The summed E-state index contributed by atoms with van der Waals surface area (Å²) < 4.78 is 35.6. The Morgan fingerprint density at radius 3 is 2.67 bits per heavy atom. The van der Waals surface area contributed by atoms with E-state index in [0.29, 0.717) is 17.9 Å².